The molecular weight excluding hydrogens is 402 g/mol. The molecule has 0 saturated heterocycles. The lowest BCUT2D eigenvalue weighted by molar-refractivity contribution is 0.0395. The maximum atomic E-state index is 12.2. The fraction of sp³-hybridized carbons (Fsp3) is 0.105. The van der Waals surface area contributed by atoms with Crippen molar-refractivity contribution < 1.29 is 23.5 Å². The Morgan fingerprint density at radius 2 is 1.73 bits per heavy atom. The summed E-state index contributed by atoms with van der Waals surface area (Å²) in [5.74, 6) is -1.33. The summed E-state index contributed by atoms with van der Waals surface area (Å²) in [4.78, 5) is 37.7. The molecule has 130 valence electrons. The fourth-order valence-corrected chi connectivity index (χ4v) is 3.24. The average molecular weight is 414 g/mol. The minimum Gasteiger partial charge on any atom is -0.458 e. The highest BCUT2D eigenvalue weighted by atomic mass is 79.9. The van der Waals surface area contributed by atoms with Gasteiger partial charge in [0.15, 0.2) is 0 Å². The van der Waals surface area contributed by atoms with Crippen LogP contribution in [-0.2, 0) is 4.74 Å². The van der Waals surface area contributed by atoms with E-state index in [0.29, 0.717) is 16.7 Å². The summed E-state index contributed by atoms with van der Waals surface area (Å²) in [7, 11) is 0. The predicted molar refractivity (Wildman–Crippen MR) is 96.0 cm³/mol. The number of amides is 2. The van der Waals surface area contributed by atoms with Crippen LogP contribution in [0.5, 0.6) is 0 Å². The summed E-state index contributed by atoms with van der Waals surface area (Å²) >= 11 is 3.35. The number of hydrogen-bond acceptors (Lipinski definition) is 5. The first-order chi connectivity index (χ1) is 12.5. The summed E-state index contributed by atoms with van der Waals surface area (Å²) in [6, 6.07) is 13.6. The van der Waals surface area contributed by atoms with Crippen molar-refractivity contribution in [2.24, 2.45) is 0 Å². The molecule has 1 aliphatic heterocycles. The number of esters is 1. The molecule has 0 saturated carbocycles. The minimum absolute atomic E-state index is 0.0101. The normalized spacial score (nSPS) is 13.3. The van der Waals surface area contributed by atoms with Crippen LogP contribution in [0.4, 0.5) is 0 Å². The maximum Gasteiger partial charge on any atom is 0.374 e. The number of fused-ring (bicyclic) bond motifs is 2. The third-order valence-electron chi connectivity index (χ3n) is 4.11. The van der Waals surface area contributed by atoms with Crippen LogP contribution in [0.25, 0.3) is 11.0 Å². The zero-order chi connectivity index (χ0) is 18.3. The van der Waals surface area contributed by atoms with E-state index in [9.17, 15) is 14.4 Å². The first-order valence-electron chi connectivity index (χ1n) is 7.86. The van der Waals surface area contributed by atoms with E-state index in [1.165, 1.54) is 0 Å². The summed E-state index contributed by atoms with van der Waals surface area (Å²) in [5.41, 5.74) is 1.30. The van der Waals surface area contributed by atoms with Crippen LogP contribution in [0.1, 0.15) is 31.3 Å². The third-order valence-corrected chi connectivity index (χ3v) is 4.60. The van der Waals surface area contributed by atoms with Gasteiger partial charge in [-0.05, 0) is 36.4 Å². The van der Waals surface area contributed by atoms with Crippen molar-refractivity contribution in [3.8, 4) is 0 Å². The Balaban J connectivity index is 1.41. The Labute approximate surface area is 156 Å². The molecule has 0 radical (unpaired) electrons. The van der Waals surface area contributed by atoms with E-state index in [1.54, 1.807) is 36.4 Å². The molecule has 4 rings (SSSR count). The second kappa shape index (κ2) is 6.42. The number of halogens is 1. The number of imide groups is 1. The number of benzene rings is 2. The number of furan rings is 1. The van der Waals surface area contributed by atoms with E-state index < -0.39 is 5.97 Å². The van der Waals surface area contributed by atoms with Crippen LogP contribution in [0, 0.1) is 0 Å². The van der Waals surface area contributed by atoms with Crippen LogP contribution in [0.2, 0.25) is 0 Å². The standard InChI is InChI=1S/C19H12BrNO5/c20-12-5-6-15-11(9-12)10-16(26-15)19(24)25-8-7-21-17(22)13-3-1-2-4-14(13)18(21)23/h1-6,9-10H,7-8H2. The van der Waals surface area contributed by atoms with Crippen LogP contribution in [-0.4, -0.2) is 35.8 Å². The topological polar surface area (TPSA) is 76.8 Å². The first kappa shape index (κ1) is 16.5. The van der Waals surface area contributed by atoms with E-state index in [1.807, 2.05) is 12.1 Å². The van der Waals surface area contributed by atoms with Crippen LogP contribution >= 0.6 is 15.9 Å². The van der Waals surface area contributed by atoms with Gasteiger partial charge in [0.2, 0.25) is 5.76 Å². The molecule has 0 aliphatic carbocycles. The van der Waals surface area contributed by atoms with Crippen molar-refractivity contribution in [3.05, 3.63) is 69.9 Å². The van der Waals surface area contributed by atoms with Gasteiger partial charge in [0.05, 0.1) is 17.7 Å². The van der Waals surface area contributed by atoms with Crippen molar-refractivity contribution in [2.45, 2.75) is 0 Å². The first-order valence-corrected chi connectivity index (χ1v) is 8.65. The Bertz CT molecular complexity index is 1020. The van der Waals surface area contributed by atoms with Gasteiger partial charge in [-0.25, -0.2) is 4.79 Å². The van der Waals surface area contributed by atoms with Crippen molar-refractivity contribution in [1.82, 2.24) is 4.90 Å². The smallest absolute Gasteiger partial charge is 0.374 e. The van der Waals surface area contributed by atoms with Crippen molar-refractivity contribution in [2.75, 3.05) is 13.2 Å². The van der Waals surface area contributed by atoms with Crippen molar-refractivity contribution in [3.63, 3.8) is 0 Å². The van der Waals surface area contributed by atoms with Crippen LogP contribution in [0.3, 0.4) is 0 Å². The average Bonchev–Trinajstić information content (AvgIpc) is 3.16. The monoisotopic (exact) mass is 413 g/mol. The molecule has 0 fully saturated rings. The van der Waals surface area contributed by atoms with Gasteiger partial charge in [-0.2, -0.15) is 0 Å². The van der Waals surface area contributed by atoms with E-state index in [2.05, 4.69) is 15.9 Å². The Morgan fingerprint density at radius 1 is 1.04 bits per heavy atom. The second-order valence-corrected chi connectivity index (χ2v) is 6.65. The molecule has 6 nitrogen and oxygen atoms in total. The number of nitrogens with zero attached hydrogens (tertiary/aromatic N) is 1. The number of hydrogen-bond donors (Lipinski definition) is 0. The molecular formula is C19H12BrNO5. The van der Waals surface area contributed by atoms with E-state index >= 15 is 0 Å². The highest BCUT2D eigenvalue weighted by molar-refractivity contribution is 9.10. The molecule has 0 spiro atoms. The summed E-state index contributed by atoms with van der Waals surface area (Å²) in [5, 5.41) is 0.770. The molecule has 2 heterocycles. The molecule has 0 N–H and O–H groups in total. The van der Waals surface area contributed by atoms with Crippen LogP contribution in [0.15, 0.2) is 57.4 Å². The number of carbonyl (C=O) groups excluding carboxylic acids is 3. The minimum atomic E-state index is -0.645. The predicted octanol–water partition coefficient (Wildman–Crippen LogP) is 3.65. The summed E-state index contributed by atoms with van der Waals surface area (Å²) in [6.07, 6.45) is 0. The molecule has 2 amide bonds. The van der Waals surface area contributed by atoms with Gasteiger partial charge in [-0.1, -0.05) is 28.1 Å². The zero-order valence-electron chi connectivity index (χ0n) is 13.4. The molecule has 1 aliphatic rings. The molecule has 2 aromatic carbocycles. The SMILES string of the molecule is O=C(OCCN1C(=O)c2ccccc2C1=O)c1cc2cc(Br)ccc2o1. The fourth-order valence-electron chi connectivity index (χ4n) is 2.86. The lowest BCUT2D eigenvalue weighted by Gasteiger charge is -2.13. The quantitative estimate of drug-likeness (QED) is 0.481. The van der Waals surface area contributed by atoms with E-state index in [0.717, 1.165) is 14.8 Å². The van der Waals surface area contributed by atoms with E-state index in [4.69, 9.17) is 9.15 Å². The van der Waals surface area contributed by atoms with Crippen LogP contribution < -0.4 is 0 Å². The van der Waals surface area contributed by atoms with Gasteiger partial charge < -0.3 is 9.15 Å². The van der Waals surface area contributed by atoms with Gasteiger partial charge in [0.1, 0.15) is 12.2 Å². The maximum absolute atomic E-state index is 12.2. The Kier molecular flexibility index (Phi) is 4.08. The van der Waals surface area contributed by atoms with E-state index in [-0.39, 0.29) is 30.7 Å². The molecule has 0 unspecified atom stereocenters. The van der Waals surface area contributed by atoms with Gasteiger partial charge in [-0.3, -0.25) is 14.5 Å². The second-order valence-electron chi connectivity index (χ2n) is 5.74. The molecule has 3 aromatic rings. The third kappa shape index (κ3) is 2.80. The molecule has 0 bridgehead atoms. The lowest BCUT2D eigenvalue weighted by atomic mass is 10.1. The highest BCUT2D eigenvalue weighted by Crippen LogP contribution is 2.24. The lowest BCUT2D eigenvalue weighted by Crippen LogP contribution is -2.33. The number of carbonyl (C=O) groups is 3. The Morgan fingerprint density at radius 3 is 2.42 bits per heavy atom. The highest BCUT2D eigenvalue weighted by Gasteiger charge is 2.34. The molecule has 7 heteroatoms. The molecule has 26 heavy (non-hydrogen) atoms. The largest absolute Gasteiger partial charge is 0.458 e. The summed E-state index contributed by atoms with van der Waals surface area (Å²) in [6.45, 7) is -0.116. The Hall–Kier alpha value is -2.93. The number of ether oxygens (including phenoxy) is 1. The molecule has 1 aromatic heterocycles. The van der Waals surface area contributed by atoms with Gasteiger partial charge in [-0.15, -0.1) is 0 Å². The van der Waals surface area contributed by atoms with Gasteiger partial charge >= 0.3 is 5.97 Å². The molecule has 0 atom stereocenters. The summed E-state index contributed by atoms with van der Waals surface area (Å²) < 4.78 is 11.5. The van der Waals surface area contributed by atoms with Crippen molar-refractivity contribution in [1.29, 1.82) is 0 Å². The zero-order valence-corrected chi connectivity index (χ0v) is 15.0. The van der Waals surface area contributed by atoms with Crippen molar-refractivity contribution >= 4 is 44.7 Å². The van der Waals surface area contributed by atoms with Gasteiger partial charge in [0, 0.05) is 9.86 Å². The van der Waals surface area contributed by atoms with Gasteiger partial charge in [0.25, 0.3) is 11.8 Å². The number of rotatable bonds is 4.